The Morgan fingerprint density at radius 3 is 2.74 bits per heavy atom. The number of hydrogen-bond acceptors (Lipinski definition) is 6. The van der Waals surface area contributed by atoms with Gasteiger partial charge in [0.2, 0.25) is 0 Å². The summed E-state index contributed by atoms with van der Waals surface area (Å²) < 4.78 is 32.8. The van der Waals surface area contributed by atoms with Crippen molar-refractivity contribution in [2.24, 2.45) is 0 Å². The van der Waals surface area contributed by atoms with Crippen LogP contribution in [0.4, 0.5) is 10.1 Å². The smallest absolute Gasteiger partial charge is 0.151 e. The SMILES string of the molecule is CCN(CCc1cn(-c2ccsn2)c2nc(-c3ccc(NC)c(F)c3)ccc12)C1CCS(=O)CC1. The van der Waals surface area contributed by atoms with E-state index >= 15 is 0 Å². The van der Waals surface area contributed by atoms with Crippen LogP contribution >= 0.6 is 11.5 Å². The molecule has 0 saturated carbocycles. The third-order valence-corrected chi connectivity index (χ3v) is 8.82. The van der Waals surface area contributed by atoms with Crippen molar-refractivity contribution in [3.8, 4) is 17.1 Å². The van der Waals surface area contributed by atoms with E-state index in [1.54, 1.807) is 13.1 Å². The van der Waals surface area contributed by atoms with Gasteiger partial charge in [-0.1, -0.05) is 13.0 Å². The fraction of sp³-hybridized carbons (Fsp3) is 0.385. The van der Waals surface area contributed by atoms with Gasteiger partial charge in [-0.3, -0.25) is 8.78 Å². The molecule has 3 aromatic heterocycles. The van der Waals surface area contributed by atoms with Crippen molar-refractivity contribution in [2.45, 2.75) is 32.2 Å². The Labute approximate surface area is 211 Å². The van der Waals surface area contributed by atoms with Gasteiger partial charge >= 0.3 is 0 Å². The standard InChI is InChI=1S/C26H30FN5OS2/c1-3-31(20-10-14-35(33)15-11-20)12-8-19-17-32(25-9-13-34-30-25)26-21(19)5-7-23(29-26)18-4-6-24(28-2)22(27)16-18/h4-7,9,13,16-17,20,28H,3,8,10-12,14-15H2,1-2H3. The average molecular weight is 512 g/mol. The van der Waals surface area contributed by atoms with Crippen LogP contribution in [0.5, 0.6) is 0 Å². The molecule has 5 rings (SSSR count). The van der Waals surface area contributed by atoms with Crippen molar-refractivity contribution in [3.63, 3.8) is 0 Å². The molecule has 1 aliphatic heterocycles. The van der Waals surface area contributed by atoms with Crippen LogP contribution < -0.4 is 5.32 Å². The molecule has 4 heterocycles. The number of nitrogens with one attached hydrogen (secondary N) is 1. The molecule has 35 heavy (non-hydrogen) atoms. The van der Waals surface area contributed by atoms with E-state index in [0.717, 1.165) is 72.0 Å². The fourth-order valence-corrected chi connectivity index (χ4v) is 6.70. The monoisotopic (exact) mass is 511 g/mol. The maximum absolute atomic E-state index is 14.4. The summed E-state index contributed by atoms with van der Waals surface area (Å²) in [5, 5.41) is 5.92. The molecule has 6 nitrogen and oxygen atoms in total. The molecule has 9 heteroatoms. The van der Waals surface area contributed by atoms with Gasteiger partial charge in [-0.05, 0) is 73.2 Å². The van der Waals surface area contributed by atoms with Crippen LogP contribution in [0.25, 0.3) is 28.1 Å². The van der Waals surface area contributed by atoms with E-state index in [4.69, 9.17) is 4.98 Å². The summed E-state index contributed by atoms with van der Waals surface area (Å²) in [5.41, 5.74) is 3.99. The van der Waals surface area contributed by atoms with Crippen LogP contribution in [-0.4, -0.2) is 60.7 Å². The van der Waals surface area contributed by atoms with Gasteiger partial charge in [-0.2, -0.15) is 4.37 Å². The summed E-state index contributed by atoms with van der Waals surface area (Å²) in [6.45, 7) is 4.14. The molecule has 1 saturated heterocycles. The number of hydrogen-bond donors (Lipinski definition) is 1. The third kappa shape index (κ3) is 5.03. The number of anilines is 1. The lowest BCUT2D eigenvalue weighted by Gasteiger charge is -2.33. The van der Waals surface area contributed by atoms with Gasteiger partial charge in [-0.25, -0.2) is 9.37 Å². The minimum Gasteiger partial charge on any atom is -0.386 e. The maximum Gasteiger partial charge on any atom is 0.151 e. The van der Waals surface area contributed by atoms with Crippen molar-refractivity contribution in [3.05, 3.63) is 59.4 Å². The zero-order chi connectivity index (χ0) is 24.4. The highest BCUT2D eigenvalue weighted by Crippen LogP contribution is 2.29. The van der Waals surface area contributed by atoms with E-state index in [-0.39, 0.29) is 5.82 Å². The molecule has 0 bridgehead atoms. The Morgan fingerprint density at radius 1 is 1.23 bits per heavy atom. The highest BCUT2D eigenvalue weighted by Gasteiger charge is 2.23. The van der Waals surface area contributed by atoms with Gasteiger partial charge in [-0.15, -0.1) is 0 Å². The van der Waals surface area contributed by atoms with Crippen LogP contribution in [-0.2, 0) is 17.2 Å². The minimum atomic E-state index is -0.645. The maximum atomic E-state index is 14.4. The Morgan fingerprint density at radius 2 is 2.06 bits per heavy atom. The Balaban J connectivity index is 1.47. The largest absolute Gasteiger partial charge is 0.386 e. The normalized spacial score (nSPS) is 18.4. The van der Waals surface area contributed by atoms with E-state index in [1.165, 1.54) is 23.2 Å². The second-order valence-corrected chi connectivity index (χ2v) is 11.2. The first-order valence-electron chi connectivity index (χ1n) is 12.1. The first kappa shape index (κ1) is 24.1. The van der Waals surface area contributed by atoms with Crippen LogP contribution in [0.3, 0.4) is 0 Å². The average Bonchev–Trinajstić information content (AvgIpc) is 3.53. The summed E-state index contributed by atoms with van der Waals surface area (Å²) in [6, 6.07) is 11.7. The molecule has 0 unspecified atom stereocenters. The second-order valence-electron chi connectivity index (χ2n) is 8.85. The summed E-state index contributed by atoms with van der Waals surface area (Å²) in [4.78, 5) is 7.48. The number of benzene rings is 1. The molecular formula is C26H30FN5OS2. The van der Waals surface area contributed by atoms with Crippen molar-refractivity contribution in [2.75, 3.05) is 37.0 Å². The molecule has 1 aliphatic rings. The highest BCUT2D eigenvalue weighted by atomic mass is 32.2. The van der Waals surface area contributed by atoms with Crippen molar-refractivity contribution in [1.29, 1.82) is 0 Å². The fourth-order valence-electron chi connectivity index (χ4n) is 4.92. The molecule has 184 valence electrons. The van der Waals surface area contributed by atoms with Crippen LogP contribution in [0.1, 0.15) is 25.3 Å². The Bertz CT molecular complexity index is 1330. The Hall–Kier alpha value is -2.62. The zero-order valence-electron chi connectivity index (χ0n) is 20.0. The lowest BCUT2D eigenvalue weighted by Crippen LogP contribution is -2.41. The van der Waals surface area contributed by atoms with E-state index in [2.05, 4.69) is 33.8 Å². The van der Waals surface area contributed by atoms with Gasteiger partial charge in [0.05, 0.1) is 11.4 Å². The summed E-state index contributed by atoms with van der Waals surface area (Å²) in [7, 11) is 1.06. The molecule has 0 atom stereocenters. The molecule has 0 radical (unpaired) electrons. The van der Waals surface area contributed by atoms with Crippen LogP contribution in [0, 0.1) is 5.82 Å². The number of fused-ring (bicyclic) bond motifs is 1. The molecule has 4 aromatic rings. The lowest BCUT2D eigenvalue weighted by atomic mass is 10.1. The summed E-state index contributed by atoms with van der Waals surface area (Å²) >= 11 is 1.41. The van der Waals surface area contributed by atoms with Gasteiger partial charge in [0.1, 0.15) is 11.5 Å². The van der Waals surface area contributed by atoms with Gasteiger partial charge in [0.15, 0.2) is 5.82 Å². The second kappa shape index (κ2) is 10.6. The number of nitrogens with zero attached hydrogens (tertiary/aromatic N) is 4. The van der Waals surface area contributed by atoms with Gasteiger partial charge < -0.3 is 10.2 Å². The zero-order valence-corrected chi connectivity index (χ0v) is 21.7. The minimum absolute atomic E-state index is 0.298. The molecular weight excluding hydrogens is 481 g/mol. The lowest BCUT2D eigenvalue weighted by molar-refractivity contribution is 0.196. The number of likely N-dealkylation sites (N-methyl/N-ethyl adjacent to an activating group) is 1. The van der Waals surface area contributed by atoms with E-state index in [0.29, 0.717) is 11.7 Å². The van der Waals surface area contributed by atoms with Gasteiger partial charge in [0, 0.05) is 64.5 Å². The Kier molecular flexibility index (Phi) is 7.27. The summed E-state index contributed by atoms with van der Waals surface area (Å²) in [5.74, 6) is 2.17. The predicted molar refractivity (Wildman–Crippen MR) is 144 cm³/mol. The van der Waals surface area contributed by atoms with Crippen molar-refractivity contribution < 1.29 is 8.60 Å². The summed E-state index contributed by atoms with van der Waals surface area (Å²) in [6.07, 6.45) is 5.06. The number of pyridine rings is 1. The van der Waals surface area contributed by atoms with E-state index in [1.807, 2.05) is 28.1 Å². The quantitative estimate of drug-likeness (QED) is 0.356. The van der Waals surface area contributed by atoms with Crippen molar-refractivity contribution >= 4 is 39.1 Å². The first-order valence-corrected chi connectivity index (χ1v) is 14.4. The molecule has 1 N–H and O–H groups in total. The van der Waals surface area contributed by atoms with E-state index in [9.17, 15) is 8.60 Å². The topological polar surface area (TPSA) is 63.1 Å². The first-order chi connectivity index (χ1) is 17.1. The van der Waals surface area contributed by atoms with Crippen molar-refractivity contribution in [1.82, 2.24) is 18.8 Å². The molecule has 0 spiro atoms. The van der Waals surface area contributed by atoms with Crippen LogP contribution in [0.15, 0.2) is 48.0 Å². The van der Waals surface area contributed by atoms with Gasteiger partial charge in [0.25, 0.3) is 0 Å². The molecule has 0 amide bonds. The van der Waals surface area contributed by atoms with E-state index < -0.39 is 10.8 Å². The highest BCUT2D eigenvalue weighted by molar-refractivity contribution is 7.85. The van der Waals surface area contributed by atoms with Crippen LogP contribution in [0.2, 0.25) is 0 Å². The molecule has 0 aliphatic carbocycles. The molecule has 1 fully saturated rings. The third-order valence-electron chi connectivity index (χ3n) is 6.89. The molecule has 1 aromatic carbocycles. The number of aromatic nitrogens is 3. The predicted octanol–water partition coefficient (Wildman–Crippen LogP) is 5.11. The number of halogens is 1. The number of rotatable bonds is 8.